The summed E-state index contributed by atoms with van der Waals surface area (Å²) in [5.41, 5.74) is 4.87. The molecule has 0 spiro atoms. The average Bonchev–Trinajstić information content (AvgIpc) is 3.22. The molecule has 0 saturated heterocycles. The molecular weight excluding hydrogens is 424 g/mol. The zero-order valence-corrected chi connectivity index (χ0v) is 19.0. The summed E-state index contributed by atoms with van der Waals surface area (Å²) in [6, 6.07) is 10.7. The molecule has 1 aliphatic rings. The summed E-state index contributed by atoms with van der Waals surface area (Å²) in [5, 5.41) is 5.21. The zero-order valence-electron chi connectivity index (χ0n) is 18.3. The van der Waals surface area contributed by atoms with Gasteiger partial charge in [0, 0.05) is 42.3 Å². The van der Waals surface area contributed by atoms with E-state index >= 15 is 4.39 Å². The van der Waals surface area contributed by atoms with Gasteiger partial charge in [0.15, 0.2) is 0 Å². The van der Waals surface area contributed by atoms with Gasteiger partial charge in [-0.1, -0.05) is 23.7 Å². The van der Waals surface area contributed by atoms with Crippen LogP contribution >= 0.6 is 11.6 Å². The van der Waals surface area contributed by atoms with Gasteiger partial charge in [0.05, 0.1) is 16.3 Å². The molecule has 5 rings (SSSR count). The van der Waals surface area contributed by atoms with Crippen molar-refractivity contribution in [3.8, 4) is 11.1 Å². The van der Waals surface area contributed by atoms with Crippen molar-refractivity contribution in [2.75, 3.05) is 0 Å². The number of nitrogens with zero attached hydrogens (tertiary/aromatic N) is 4. The number of amides is 1. The van der Waals surface area contributed by atoms with Gasteiger partial charge in [-0.05, 0) is 47.9 Å². The molecule has 0 saturated carbocycles. The molecule has 2 aromatic carbocycles. The molecule has 0 fully saturated rings. The number of halogens is 2. The van der Waals surface area contributed by atoms with Crippen LogP contribution in [0.2, 0.25) is 5.02 Å². The van der Waals surface area contributed by atoms with Crippen LogP contribution in [0.25, 0.3) is 22.0 Å². The van der Waals surface area contributed by atoms with Gasteiger partial charge >= 0.3 is 0 Å². The van der Waals surface area contributed by atoms with Crippen LogP contribution in [0.5, 0.6) is 0 Å². The predicted octanol–water partition coefficient (Wildman–Crippen LogP) is 2.77. The predicted molar refractivity (Wildman–Crippen MR) is 129 cm³/mol. The van der Waals surface area contributed by atoms with Crippen molar-refractivity contribution >= 4 is 44.1 Å². The maximum Gasteiger partial charge on any atom is 0.255 e. The summed E-state index contributed by atoms with van der Waals surface area (Å²) in [5.74, 6) is -0.477. The lowest BCUT2D eigenvalue weighted by Gasteiger charge is -2.33. The Kier molecular flexibility index (Phi) is 4.67. The topological polar surface area (TPSA) is 51.0 Å². The number of hydrogen-bond donors (Lipinski definition) is 0. The van der Waals surface area contributed by atoms with E-state index in [4.69, 9.17) is 11.6 Å². The third kappa shape index (κ3) is 3.05. The standard InChI is InChI=1S/C23H20B2ClFN4O/c1-12-8-13(14-5-6-18(26)20-17(14)10-30(2)29-20)9-19(27)16(12)11-31-22(32)15-4-3-7-28-21(15)23(31,24)25/h3-10H,11,24-25H2,1-2H3. The van der Waals surface area contributed by atoms with Crippen molar-refractivity contribution in [1.82, 2.24) is 19.7 Å². The molecule has 4 aromatic rings. The maximum absolute atomic E-state index is 15.4. The van der Waals surface area contributed by atoms with Crippen molar-refractivity contribution in [3.05, 3.63) is 82.0 Å². The molecule has 1 amide bonds. The van der Waals surface area contributed by atoms with Gasteiger partial charge in [-0.15, -0.1) is 0 Å². The first-order chi connectivity index (χ1) is 15.2. The minimum absolute atomic E-state index is 0.129. The monoisotopic (exact) mass is 444 g/mol. The summed E-state index contributed by atoms with van der Waals surface area (Å²) in [4.78, 5) is 19.2. The van der Waals surface area contributed by atoms with E-state index in [9.17, 15) is 4.79 Å². The van der Waals surface area contributed by atoms with Gasteiger partial charge in [0.1, 0.15) is 27.0 Å². The number of benzene rings is 2. The molecule has 0 atom stereocenters. The van der Waals surface area contributed by atoms with Crippen LogP contribution in [0, 0.1) is 12.7 Å². The summed E-state index contributed by atoms with van der Waals surface area (Å²) >= 11 is 6.30. The molecule has 32 heavy (non-hydrogen) atoms. The summed E-state index contributed by atoms with van der Waals surface area (Å²) in [6.07, 6.45) is 3.57. The molecule has 158 valence electrons. The van der Waals surface area contributed by atoms with Gasteiger partial charge in [-0.25, -0.2) is 4.39 Å². The summed E-state index contributed by atoms with van der Waals surface area (Å²) in [6.45, 7) is 2.04. The van der Waals surface area contributed by atoms with Crippen LogP contribution in [0.1, 0.15) is 27.2 Å². The molecule has 9 heteroatoms. The first-order valence-electron chi connectivity index (χ1n) is 10.4. The van der Waals surface area contributed by atoms with Crippen LogP contribution < -0.4 is 0 Å². The van der Waals surface area contributed by atoms with Crippen molar-refractivity contribution in [2.45, 2.75) is 18.8 Å². The Morgan fingerprint density at radius 1 is 1.19 bits per heavy atom. The van der Waals surface area contributed by atoms with Gasteiger partial charge < -0.3 is 4.90 Å². The minimum atomic E-state index is -0.622. The third-order valence-corrected chi connectivity index (χ3v) is 6.63. The number of rotatable bonds is 3. The number of hydrogen-bond acceptors (Lipinski definition) is 3. The number of aryl methyl sites for hydroxylation is 2. The molecular formula is C23H20B2ClFN4O. The lowest BCUT2D eigenvalue weighted by atomic mass is 9.59. The second-order valence-electron chi connectivity index (χ2n) is 8.76. The molecule has 0 radical (unpaired) electrons. The Morgan fingerprint density at radius 2 is 1.97 bits per heavy atom. The second-order valence-corrected chi connectivity index (χ2v) is 9.17. The lowest BCUT2D eigenvalue weighted by Crippen LogP contribution is -2.45. The Bertz CT molecular complexity index is 1400. The summed E-state index contributed by atoms with van der Waals surface area (Å²) in [7, 11) is 5.72. The van der Waals surface area contributed by atoms with E-state index in [1.54, 1.807) is 34.0 Å². The molecule has 0 bridgehead atoms. The van der Waals surface area contributed by atoms with Crippen molar-refractivity contribution in [3.63, 3.8) is 0 Å². The number of carbonyl (C=O) groups is 1. The van der Waals surface area contributed by atoms with Crippen LogP contribution in [0.15, 0.2) is 48.8 Å². The van der Waals surface area contributed by atoms with Crippen molar-refractivity contribution in [1.29, 1.82) is 0 Å². The van der Waals surface area contributed by atoms with Crippen molar-refractivity contribution in [2.24, 2.45) is 7.05 Å². The van der Waals surface area contributed by atoms with Crippen LogP contribution in [0.3, 0.4) is 0 Å². The lowest BCUT2D eigenvalue weighted by molar-refractivity contribution is 0.0729. The average molecular weight is 445 g/mol. The normalized spacial score (nSPS) is 14.9. The van der Waals surface area contributed by atoms with Crippen LogP contribution in [-0.4, -0.2) is 41.3 Å². The van der Waals surface area contributed by atoms with E-state index in [0.29, 0.717) is 21.7 Å². The smallest absolute Gasteiger partial charge is 0.255 e. The van der Waals surface area contributed by atoms with Gasteiger partial charge in [-0.2, -0.15) is 5.10 Å². The molecule has 0 aliphatic carbocycles. The number of fused-ring (bicyclic) bond motifs is 2. The largest absolute Gasteiger partial charge is 0.339 e. The number of pyridine rings is 1. The first-order valence-corrected chi connectivity index (χ1v) is 10.7. The van der Waals surface area contributed by atoms with E-state index in [0.717, 1.165) is 27.8 Å². The fourth-order valence-electron chi connectivity index (χ4n) is 4.59. The van der Waals surface area contributed by atoms with E-state index < -0.39 is 5.34 Å². The number of aromatic nitrogens is 3. The molecule has 0 unspecified atom stereocenters. The number of carbonyl (C=O) groups excluding carboxylic acids is 1. The quantitative estimate of drug-likeness (QED) is 0.457. The Hall–Kier alpha value is -3.12. The Labute approximate surface area is 192 Å². The van der Waals surface area contributed by atoms with E-state index in [-0.39, 0.29) is 18.3 Å². The second kappa shape index (κ2) is 7.20. The highest BCUT2D eigenvalue weighted by molar-refractivity contribution is 6.42. The van der Waals surface area contributed by atoms with E-state index in [1.165, 1.54) is 6.07 Å². The maximum atomic E-state index is 15.4. The molecule has 2 aromatic heterocycles. The fraction of sp³-hybridized carbons (Fsp3) is 0.174. The van der Waals surface area contributed by atoms with E-state index in [1.807, 2.05) is 48.0 Å². The SMILES string of the molecule is BC1(B)c2ncccc2C(=O)N1Cc1c(C)cc(-c2ccc(Cl)c3nn(C)cc23)cc1F. The highest BCUT2D eigenvalue weighted by atomic mass is 35.5. The Balaban J connectivity index is 1.55. The highest BCUT2D eigenvalue weighted by Gasteiger charge is 2.43. The summed E-state index contributed by atoms with van der Waals surface area (Å²) < 4.78 is 17.1. The fourth-order valence-corrected chi connectivity index (χ4v) is 4.79. The van der Waals surface area contributed by atoms with E-state index in [2.05, 4.69) is 10.1 Å². The highest BCUT2D eigenvalue weighted by Crippen LogP contribution is 2.37. The Morgan fingerprint density at radius 3 is 2.69 bits per heavy atom. The molecule has 5 nitrogen and oxygen atoms in total. The molecule has 1 aliphatic heterocycles. The molecule has 0 N–H and O–H groups in total. The first kappa shape index (κ1) is 20.8. The van der Waals surface area contributed by atoms with Crippen LogP contribution in [0.4, 0.5) is 4.39 Å². The van der Waals surface area contributed by atoms with Crippen molar-refractivity contribution < 1.29 is 9.18 Å². The van der Waals surface area contributed by atoms with Gasteiger partial charge in [-0.3, -0.25) is 14.5 Å². The third-order valence-electron chi connectivity index (χ3n) is 6.32. The molecule has 3 heterocycles. The van der Waals surface area contributed by atoms with Gasteiger partial charge in [0.25, 0.3) is 5.91 Å². The van der Waals surface area contributed by atoms with Crippen LogP contribution in [-0.2, 0) is 18.9 Å². The zero-order chi connectivity index (χ0) is 22.8. The minimum Gasteiger partial charge on any atom is -0.339 e. The van der Waals surface area contributed by atoms with Gasteiger partial charge in [0.2, 0.25) is 0 Å².